The highest BCUT2D eigenvalue weighted by Gasteiger charge is 2.43. The van der Waals surface area contributed by atoms with E-state index in [0.29, 0.717) is 17.3 Å². The number of hydrogen-bond acceptors (Lipinski definition) is 4. The molecule has 8 heteroatoms. The van der Waals surface area contributed by atoms with Gasteiger partial charge in [-0.15, -0.1) is 0 Å². The van der Waals surface area contributed by atoms with Crippen LogP contribution in [0.3, 0.4) is 0 Å². The number of carbonyl (C=O) groups is 2. The van der Waals surface area contributed by atoms with Gasteiger partial charge < -0.3 is 10.4 Å². The molecule has 0 radical (unpaired) electrons. The van der Waals surface area contributed by atoms with E-state index in [1.165, 1.54) is 18.3 Å². The van der Waals surface area contributed by atoms with E-state index in [4.69, 9.17) is 11.6 Å². The second kappa shape index (κ2) is 7.29. The fraction of sp³-hybridized carbons (Fsp3) is 0.278. The average molecular weight is 378 g/mol. The molecule has 1 aliphatic carbocycles. The molecular weight excluding hydrogens is 361 g/mol. The van der Waals surface area contributed by atoms with Gasteiger partial charge in [-0.2, -0.15) is 0 Å². The van der Waals surface area contributed by atoms with E-state index < -0.39 is 11.8 Å². The highest BCUT2D eigenvalue weighted by molar-refractivity contribution is 6.30. The molecule has 2 atom stereocenters. The minimum Gasteiger partial charge on any atom is -0.507 e. The summed E-state index contributed by atoms with van der Waals surface area (Å²) in [5.41, 5.74) is 0.170. The number of halogens is 2. The SMILES string of the molecule is CCC(=O)c1ccc(F)c([C@@H]2C[C@@H]2NC(=O)Nc2ccc(Cl)cn2)c1O. The van der Waals surface area contributed by atoms with E-state index in [-0.39, 0.29) is 41.0 Å². The molecule has 3 N–H and O–H groups in total. The van der Waals surface area contributed by atoms with Crippen molar-refractivity contribution in [3.05, 3.63) is 52.4 Å². The number of amides is 2. The molecule has 26 heavy (non-hydrogen) atoms. The lowest BCUT2D eigenvalue weighted by Crippen LogP contribution is -2.31. The van der Waals surface area contributed by atoms with Gasteiger partial charge in [0.1, 0.15) is 17.4 Å². The van der Waals surface area contributed by atoms with Gasteiger partial charge in [0.2, 0.25) is 0 Å². The van der Waals surface area contributed by atoms with E-state index >= 15 is 0 Å². The number of aromatic hydroxyl groups is 1. The summed E-state index contributed by atoms with van der Waals surface area (Å²) < 4.78 is 14.2. The summed E-state index contributed by atoms with van der Waals surface area (Å²) in [6.07, 6.45) is 2.08. The first-order chi connectivity index (χ1) is 12.4. The topological polar surface area (TPSA) is 91.3 Å². The minimum absolute atomic E-state index is 0.0687. The number of phenols is 1. The molecule has 1 aliphatic rings. The molecule has 0 aliphatic heterocycles. The van der Waals surface area contributed by atoms with Gasteiger partial charge in [0, 0.05) is 30.1 Å². The monoisotopic (exact) mass is 377 g/mol. The van der Waals surface area contributed by atoms with Crippen LogP contribution in [0.2, 0.25) is 5.02 Å². The molecule has 0 spiro atoms. The largest absolute Gasteiger partial charge is 0.507 e. The van der Waals surface area contributed by atoms with E-state index in [0.717, 1.165) is 0 Å². The summed E-state index contributed by atoms with van der Waals surface area (Å²) in [5, 5.41) is 16.0. The Hall–Kier alpha value is -2.67. The fourth-order valence-electron chi connectivity index (χ4n) is 2.80. The Morgan fingerprint density at radius 3 is 2.77 bits per heavy atom. The Labute approximate surface area is 154 Å². The van der Waals surface area contributed by atoms with Crippen LogP contribution < -0.4 is 10.6 Å². The number of ketones is 1. The lowest BCUT2D eigenvalue weighted by atomic mass is 10.00. The molecule has 1 aromatic heterocycles. The second-order valence-electron chi connectivity index (χ2n) is 6.04. The van der Waals surface area contributed by atoms with Gasteiger partial charge in [-0.1, -0.05) is 18.5 Å². The zero-order chi connectivity index (χ0) is 18.8. The molecule has 2 aromatic rings. The second-order valence-corrected chi connectivity index (χ2v) is 6.48. The maximum Gasteiger partial charge on any atom is 0.320 e. The Balaban J connectivity index is 1.67. The maximum atomic E-state index is 14.2. The number of aromatic nitrogens is 1. The quantitative estimate of drug-likeness (QED) is 0.690. The van der Waals surface area contributed by atoms with Crippen LogP contribution in [0.25, 0.3) is 0 Å². The number of nitrogens with zero attached hydrogens (tertiary/aromatic N) is 1. The summed E-state index contributed by atoms with van der Waals surface area (Å²) in [7, 11) is 0. The van der Waals surface area contributed by atoms with Crippen LogP contribution in [0.1, 0.15) is 41.6 Å². The predicted octanol–water partition coefficient (Wildman–Crippen LogP) is 3.85. The molecule has 0 saturated heterocycles. The van der Waals surface area contributed by atoms with Crippen LogP contribution in [0, 0.1) is 5.82 Å². The van der Waals surface area contributed by atoms with E-state index in [1.807, 2.05) is 0 Å². The van der Waals surface area contributed by atoms with Gasteiger partial charge >= 0.3 is 6.03 Å². The van der Waals surface area contributed by atoms with Gasteiger partial charge in [-0.25, -0.2) is 14.2 Å². The molecule has 2 amide bonds. The molecule has 1 saturated carbocycles. The normalized spacial score (nSPS) is 18.3. The molecule has 1 aromatic carbocycles. The van der Waals surface area contributed by atoms with Crippen molar-refractivity contribution < 1.29 is 19.1 Å². The van der Waals surface area contributed by atoms with Crippen molar-refractivity contribution in [3.8, 4) is 5.75 Å². The zero-order valence-corrected chi connectivity index (χ0v) is 14.7. The van der Waals surface area contributed by atoms with E-state index in [9.17, 15) is 19.1 Å². The number of nitrogens with one attached hydrogen (secondary N) is 2. The third kappa shape index (κ3) is 3.77. The highest BCUT2D eigenvalue weighted by atomic mass is 35.5. The Kier molecular flexibility index (Phi) is 5.08. The number of carbonyl (C=O) groups excluding carboxylic acids is 2. The molecule has 1 fully saturated rings. The van der Waals surface area contributed by atoms with Gasteiger partial charge in [0.15, 0.2) is 5.78 Å². The number of phenolic OH excluding ortho intramolecular Hbond substituents is 1. The summed E-state index contributed by atoms with van der Waals surface area (Å²) in [6.45, 7) is 1.67. The highest BCUT2D eigenvalue weighted by Crippen LogP contribution is 2.46. The molecule has 6 nitrogen and oxygen atoms in total. The zero-order valence-electron chi connectivity index (χ0n) is 13.9. The van der Waals surface area contributed by atoms with E-state index in [1.54, 1.807) is 19.1 Å². The van der Waals surface area contributed by atoms with Gasteiger partial charge in [-0.3, -0.25) is 10.1 Å². The molecular formula is C18H17ClFN3O3. The molecule has 3 rings (SSSR count). The number of urea groups is 1. The lowest BCUT2D eigenvalue weighted by molar-refractivity contribution is 0.0985. The number of rotatable bonds is 5. The summed E-state index contributed by atoms with van der Waals surface area (Å²) in [6, 6.07) is 4.77. The van der Waals surface area contributed by atoms with Crippen molar-refractivity contribution in [1.29, 1.82) is 0 Å². The lowest BCUT2D eigenvalue weighted by Gasteiger charge is -2.11. The van der Waals surface area contributed by atoms with Crippen molar-refractivity contribution >= 4 is 29.2 Å². The van der Waals surface area contributed by atoms with Crippen molar-refractivity contribution in [2.24, 2.45) is 0 Å². The Bertz CT molecular complexity index is 858. The van der Waals surface area contributed by atoms with Crippen LogP contribution in [0.15, 0.2) is 30.5 Å². The van der Waals surface area contributed by atoms with Gasteiger partial charge in [-0.05, 0) is 30.7 Å². The molecule has 1 heterocycles. The van der Waals surface area contributed by atoms with Crippen LogP contribution in [-0.4, -0.2) is 27.9 Å². The minimum atomic E-state index is -0.593. The van der Waals surface area contributed by atoms with E-state index in [2.05, 4.69) is 15.6 Å². The molecule has 136 valence electrons. The van der Waals surface area contributed by atoms with Gasteiger partial charge in [0.25, 0.3) is 0 Å². The van der Waals surface area contributed by atoms with Crippen molar-refractivity contribution in [1.82, 2.24) is 10.3 Å². The molecule has 0 unspecified atom stereocenters. The van der Waals surface area contributed by atoms with Crippen molar-refractivity contribution in [2.75, 3.05) is 5.32 Å². The van der Waals surface area contributed by atoms with Crippen LogP contribution in [0.5, 0.6) is 5.75 Å². The summed E-state index contributed by atoms with van der Waals surface area (Å²) in [5.74, 6) is -1.26. The first-order valence-corrected chi connectivity index (χ1v) is 8.52. The number of benzene rings is 1. The number of pyridine rings is 1. The number of Topliss-reactive ketones (excluding diaryl/α,β-unsaturated/α-hetero) is 1. The Morgan fingerprint density at radius 1 is 1.35 bits per heavy atom. The summed E-state index contributed by atoms with van der Waals surface area (Å²) in [4.78, 5) is 27.8. The van der Waals surface area contributed by atoms with Crippen LogP contribution in [-0.2, 0) is 0 Å². The molecule has 0 bridgehead atoms. The first kappa shape index (κ1) is 18.1. The Morgan fingerprint density at radius 2 is 2.12 bits per heavy atom. The van der Waals surface area contributed by atoms with Gasteiger partial charge in [0.05, 0.1) is 10.6 Å². The first-order valence-electron chi connectivity index (χ1n) is 8.14. The number of hydrogen-bond donors (Lipinski definition) is 3. The fourth-order valence-corrected chi connectivity index (χ4v) is 2.91. The maximum absolute atomic E-state index is 14.2. The average Bonchev–Trinajstić information content (AvgIpc) is 3.35. The summed E-state index contributed by atoms with van der Waals surface area (Å²) >= 11 is 5.73. The third-order valence-electron chi connectivity index (χ3n) is 4.23. The number of anilines is 1. The smallest absolute Gasteiger partial charge is 0.320 e. The standard InChI is InChI=1S/C18H17ClFN3O3/c1-2-14(24)10-4-5-12(20)16(17(10)25)11-7-13(11)22-18(26)23-15-6-3-9(19)8-21-15/h3-6,8,11,13,25H,2,7H2,1H3,(H2,21,22,23,26)/t11-,13+/m1/s1. The predicted molar refractivity (Wildman–Crippen MR) is 95.2 cm³/mol. The van der Waals surface area contributed by atoms with Crippen molar-refractivity contribution in [2.45, 2.75) is 31.7 Å². The van der Waals surface area contributed by atoms with Crippen LogP contribution in [0.4, 0.5) is 15.0 Å². The van der Waals surface area contributed by atoms with Crippen molar-refractivity contribution in [3.63, 3.8) is 0 Å². The van der Waals surface area contributed by atoms with Crippen LogP contribution >= 0.6 is 11.6 Å². The third-order valence-corrected chi connectivity index (χ3v) is 4.46.